The molecule has 0 bridgehead atoms. The van der Waals surface area contributed by atoms with Crippen molar-refractivity contribution >= 4 is 0 Å². The van der Waals surface area contributed by atoms with E-state index < -0.39 is 0 Å². The molecule has 0 aromatic rings. The summed E-state index contributed by atoms with van der Waals surface area (Å²) in [4.78, 5) is 0. The van der Waals surface area contributed by atoms with Crippen LogP contribution in [0.2, 0.25) is 0 Å². The fourth-order valence-corrected chi connectivity index (χ4v) is 1.06. The molecule has 0 aromatic carbocycles. The average Bonchev–Trinajstić information content (AvgIpc) is 2.01. The van der Waals surface area contributed by atoms with Gasteiger partial charge < -0.3 is 0 Å². The molecular weight excluding hydrogens is 156 g/mol. The second-order valence-electron chi connectivity index (χ2n) is 4.90. The molecule has 0 aliphatic carbocycles. The predicted octanol–water partition coefficient (Wildman–Crippen LogP) is 4.40. The van der Waals surface area contributed by atoms with E-state index in [0.717, 1.165) is 12.8 Å². The second-order valence-corrected chi connectivity index (χ2v) is 4.90. The van der Waals surface area contributed by atoms with Gasteiger partial charge in [-0.1, -0.05) is 47.0 Å². The van der Waals surface area contributed by atoms with E-state index in [4.69, 9.17) is 0 Å². The van der Waals surface area contributed by atoms with E-state index in [1.54, 1.807) is 0 Å². The lowest BCUT2D eigenvalue weighted by atomic mass is 9.93. The molecule has 0 unspecified atom stereocenters. The first-order valence-electron chi connectivity index (χ1n) is 5.52. The molecule has 0 aromatic heterocycles. The Morgan fingerprint density at radius 2 is 1.62 bits per heavy atom. The number of unbranched alkanes of at least 4 members (excludes halogenated alkanes) is 4. The summed E-state index contributed by atoms with van der Waals surface area (Å²) >= 11 is 0. The summed E-state index contributed by atoms with van der Waals surface area (Å²) < 4.78 is 0. The third-order valence-corrected chi connectivity index (χ3v) is 1.90. The van der Waals surface area contributed by atoms with Crippen molar-refractivity contribution in [2.75, 3.05) is 0 Å². The molecule has 0 saturated carbocycles. The summed E-state index contributed by atoms with van der Waals surface area (Å²) in [5, 5.41) is 0. The molecule has 0 heteroatoms. The van der Waals surface area contributed by atoms with E-state index in [0.29, 0.717) is 5.41 Å². The van der Waals surface area contributed by atoms with Crippen LogP contribution >= 0.6 is 0 Å². The van der Waals surface area contributed by atoms with E-state index in [1.807, 2.05) is 0 Å². The molecule has 0 aliphatic heterocycles. The monoisotopic (exact) mass is 180 g/mol. The molecule has 0 N–H and O–H groups in total. The molecule has 0 radical (unpaired) electrons. The third-order valence-electron chi connectivity index (χ3n) is 1.90. The first-order chi connectivity index (χ1) is 6.06. The van der Waals surface area contributed by atoms with Crippen molar-refractivity contribution < 1.29 is 0 Å². The molecule has 0 atom stereocenters. The maximum Gasteiger partial charge on any atom is 0.0137 e. The van der Waals surface area contributed by atoms with Crippen LogP contribution in [-0.4, -0.2) is 0 Å². The fourth-order valence-electron chi connectivity index (χ4n) is 1.06. The van der Waals surface area contributed by atoms with Gasteiger partial charge in [0, 0.05) is 12.8 Å². The molecule has 13 heavy (non-hydrogen) atoms. The van der Waals surface area contributed by atoms with Gasteiger partial charge >= 0.3 is 0 Å². The van der Waals surface area contributed by atoms with Gasteiger partial charge in [0.15, 0.2) is 0 Å². The summed E-state index contributed by atoms with van der Waals surface area (Å²) in [7, 11) is 0. The molecule has 0 spiro atoms. The molecule has 0 fully saturated rings. The summed E-state index contributed by atoms with van der Waals surface area (Å²) in [5.74, 6) is 6.50. The minimum atomic E-state index is 0.371. The zero-order valence-corrected chi connectivity index (χ0v) is 9.74. The molecule has 76 valence electrons. The number of rotatable bonds is 4. The average molecular weight is 180 g/mol. The zero-order chi connectivity index (χ0) is 10.2. The topological polar surface area (TPSA) is 0 Å². The minimum Gasteiger partial charge on any atom is -0.103 e. The Kier molecular flexibility index (Phi) is 6.77. The van der Waals surface area contributed by atoms with Crippen LogP contribution in [0.1, 0.15) is 66.2 Å². The Hall–Kier alpha value is -0.440. The third kappa shape index (κ3) is 11.6. The summed E-state index contributed by atoms with van der Waals surface area (Å²) in [5.41, 5.74) is 0.371. The molecule has 0 saturated heterocycles. The highest BCUT2D eigenvalue weighted by Gasteiger charge is 2.06. The lowest BCUT2D eigenvalue weighted by Crippen LogP contribution is -2.01. The number of hydrogen-bond donors (Lipinski definition) is 0. The molecule has 0 nitrogen and oxygen atoms in total. The van der Waals surface area contributed by atoms with Crippen molar-refractivity contribution in [3.63, 3.8) is 0 Å². The van der Waals surface area contributed by atoms with Gasteiger partial charge in [0.05, 0.1) is 0 Å². The Labute approximate surface area is 84.1 Å². The van der Waals surface area contributed by atoms with Gasteiger partial charge in [-0.15, -0.1) is 11.8 Å². The van der Waals surface area contributed by atoms with Gasteiger partial charge in [-0.3, -0.25) is 0 Å². The summed E-state index contributed by atoms with van der Waals surface area (Å²) in [6.07, 6.45) is 7.43. The van der Waals surface area contributed by atoms with Crippen molar-refractivity contribution in [1.29, 1.82) is 0 Å². The fraction of sp³-hybridized carbons (Fsp3) is 0.846. The van der Waals surface area contributed by atoms with Crippen LogP contribution < -0.4 is 0 Å². The highest BCUT2D eigenvalue weighted by molar-refractivity contribution is 5.00. The van der Waals surface area contributed by atoms with Crippen molar-refractivity contribution in [1.82, 2.24) is 0 Å². The summed E-state index contributed by atoms with van der Waals surface area (Å²) in [6, 6.07) is 0. The predicted molar refractivity (Wildman–Crippen MR) is 60.6 cm³/mol. The number of hydrogen-bond acceptors (Lipinski definition) is 0. The highest BCUT2D eigenvalue weighted by Crippen LogP contribution is 2.16. The smallest absolute Gasteiger partial charge is 0.0137 e. The first kappa shape index (κ1) is 12.6. The van der Waals surface area contributed by atoms with Gasteiger partial charge in [0.1, 0.15) is 0 Å². The van der Waals surface area contributed by atoms with Crippen LogP contribution in [0.15, 0.2) is 0 Å². The van der Waals surface area contributed by atoms with Gasteiger partial charge in [-0.2, -0.15) is 0 Å². The van der Waals surface area contributed by atoms with Crippen molar-refractivity contribution in [3.05, 3.63) is 0 Å². The summed E-state index contributed by atoms with van der Waals surface area (Å²) in [6.45, 7) is 8.95. The Bertz CT molecular complexity index is 161. The molecule has 0 aliphatic rings. The lowest BCUT2D eigenvalue weighted by molar-refractivity contribution is 0.427. The van der Waals surface area contributed by atoms with Gasteiger partial charge in [-0.25, -0.2) is 0 Å². The van der Waals surface area contributed by atoms with Gasteiger partial charge in [0.25, 0.3) is 0 Å². The van der Waals surface area contributed by atoms with Gasteiger partial charge in [0.2, 0.25) is 0 Å². The van der Waals surface area contributed by atoms with Crippen molar-refractivity contribution in [2.24, 2.45) is 5.41 Å². The Morgan fingerprint density at radius 3 is 2.15 bits per heavy atom. The second kappa shape index (κ2) is 7.01. The van der Waals surface area contributed by atoms with Gasteiger partial charge in [-0.05, 0) is 11.8 Å². The first-order valence-corrected chi connectivity index (χ1v) is 5.52. The van der Waals surface area contributed by atoms with Crippen LogP contribution in [0, 0.1) is 17.3 Å². The maximum atomic E-state index is 3.25. The van der Waals surface area contributed by atoms with Crippen molar-refractivity contribution in [2.45, 2.75) is 66.2 Å². The molecule has 0 rings (SSSR count). The quantitative estimate of drug-likeness (QED) is 0.444. The lowest BCUT2D eigenvalue weighted by Gasteiger charge is -2.12. The zero-order valence-electron chi connectivity index (χ0n) is 9.74. The SMILES string of the molecule is CCCCCCC#CCC(C)(C)C. The minimum absolute atomic E-state index is 0.371. The van der Waals surface area contributed by atoms with Crippen LogP contribution in [0.3, 0.4) is 0 Å². The molecule has 0 amide bonds. The molecule has 0 heterocycles. The van der Waals surface area contributed by atoms with E-state index in [9.17, 15) is 0 Å². The van der Waals surface area contributed by atoms with Crippen LogP contribution in [0.25, 0.3) is 0 Å². The normalized spacial score (nSPS) is 10.8. The maximum absolute atomic E-state index is 3.25. The largest absolute Gasteiger partial charge is 0.103 e. The van der Waals surface area contributed by atoms with E-state index in [1.165, 1.54) is 25.7 Å². The standard InChI is InChI=1S/C13H24/c1-5-6-7-8-9-10-11-12-13(2,3)4/h5-9,12H2,1-4H3. The van der Waals surface area contributed by atoms with E-state index in [-0.39, 0.29) is 0 Å². The van der Waals surface area contributed by atoms with Crippen LogP contribution in [0.4, 0.5) is 0 Å². The van der Waals surface area contributed by atoms with Crippen LogP contribution in [0.5, 0.6) is 0 Å². The van der Waals surface area contributed by atoms with Crippen LogP contribution in [-0.2, 0) is 0 Å². The Balaban J connectivity index is 3.31. The highest BCUT2D eigenvalue weighted by atomic mass is 14.1. The van der Waals surface area contributed by atoms with E-state index in [2.05, 4.69) is 39.5 Å². The van der Waals surface area contributed by atoms with Crippen molar-refractivity contribution in [3.8, 4) is 11.8 Å². The van der Waals surface area contributed by atoms with E-state index >= 15 is 0 Å². The molecular formula is C13H24. The Morgan fingerprint density at radius 1 is 0.923 bits per heavy atom.